The van der Waals surface area contributed by atoms with Crippen molar-refractivity contribution in [1.82, 2.24) is 9.47 Å². The van der Waals surface area contributed by atoms with Gasteiger partial charge in [0.2, 0.25) is 0 Å². The molecule has 7 heteroatoms. The minimum absolute atomic E-state index is 0.0584. The van der Waals surface area contributed by atoms with E-state index in [0.717, 1.165) is 17.0 Å². The zero-order chi connectivity index (χ0) is 22.5. The van der Waals surface area contributed by atoms with Crippen LogP contribution >= 0.6 is 0 Å². The number of ether oxygens (including phenoxy) is 2. The molecule has 0 spiro atoms. The van der Waals surface area contributed by atoms with Gasteiger partial charge >= 0.3 is 6.61 Å². The quantitative estimate of drug-likeness (QED) is 0.505. The molecule has 0 aliphatic carbocycles. The molecule has 0 atom stereocenters. The fourth-order valence-corrected chi connectivity index (χ4v) is 3.59. The van der Waals surface area contributed by atoms with E-state index < -0.39 is 6.61 Å². The van der Waals surface area contributed by atoms with Crippen LogP contribution in [0.25, 0.3) is 0 Å². The van der Waals surface area contributed by atoms with E-state index in [-0.39, 0.29) is 24.0 Å². The van der Waals surface area contributed by atoms with E-state index in [2.05, 4.69) is 21.4 Å². The fraction of sp³-hybridized carbons (Fsp3) is 0.292. The van der Waals surface area contributed by atoms with Crippen LogP contribution in [-0.2, 0) is 13.1 Å². The topological polar surface area (TPSA) is 43.7 Å². The van der Waals surface area contributed by atoms with Gasteiger partial charge in [-0.3, -0.25) is 4.79 Å². The van der Waals surface area contributed by atoms with Crippen LogP contribution in [0.5, 0.6) is 11.5 Å². The van der Waals surface area contributed by atoms with Crippen molar-refractivity contribution >= 4 is 5.91 Å². The predicted molar refractivity (Wildman–Crippen MR) is 115 cm³/mol. The number of hydrogen-bond donors (Lipinski definition) is 0. The number of carbonyl (C=O) groups excluding carboxylic acids is 1. The van der Waals surface area contributed by atoms with Crippen molar-refractivity contribution in [3.8, 4) is 11.5 Å². The van der Waals surface area contributed by atoms with Crippen LogP contribution < -0.4 is 9.47 Å². The van der Waals surface area contributed by atoms with E-state index in [1.54, 1.807) is 24.1 Å². The number of benzene rings is 2. The highest BCUT2D eigenvalue weighted by Crippen LogP contribution is 2.30. The van der Waals surface area contributed by atoms with E-state index in [0.29, 0.717) is 17.7 Å². The summed E-state index contributed by atoms with van der Waals surface area (Å²) >= 11 is 0. The van der Waals surface area contributed by atoms with Gasteiger partial charge in [-0.05, 0) is 43.2 Å². The second kappa shape index (κ2) is 9.64. The first-order valence-corrected chi connectivity index (χ1v) is 9.88. The Morgan fingerprint density at radius 3 is 2.39 bits per heavy atom. The number of amides is 1. The molecular weight excluding hydrogens is 402 g/mol. The standard InChI is InChI=1S/C24H26F2N2O3/c1-16-12-20(17(2)28(16)15-18-8-6-5-7-9-18)23(29)27(3)14-19-10-11-21(30-4)22(13-19)31-24(25)26/h5-13,24H,14-15H2,1-4H3. The highest BCUT2D eigenvalue weighted by atomic mass is 19.3. The van der Waals surface area contributed by atoms with Gasteiger partial charge in [-0.2, -0.15) is 8.78 Å². The van der Waals surface area contributed by atoms with Crippen molar-refractivity contribution in [3.05, 3.63) is 82.7 Å². The summed E-state index contributed by atoms with van der Waals surface area (Å²) in [5, 5.41) is 0. The predicted octanol–water partition coefficient (Wildman–Crippen LogP) is 5.04. The lowest BCUT2D eigenvalue weighted by molar-refractivity contribution is -0.0512. The molecule has 0 bridgehead atoms. The van der Waals surface area contributed by atoms with Gasteiger partial charge < -0.3 is 18.9 Å². The lowest BCUT2D eigenvalue weighted by atomic mass is 10.1. The average Bonchev–Trinajstić information content (AvgIpc) is 3.02. The highest BCUT2D eigenvalue weighted by Gasteiger charge is 2.20. The molecule has 0 N–H and O–H groups in total. The summed E-state index contributed by atoms with van der Waals surface area (Å²) in [5.41, 5.74) is 4.31. The van der Waals surface area contributed by atoms with Crippen molar-refractivity contribution in [3.63, 3.8) is 0 Å². The number of aryl methyl sites for hydroxylation is 1. The summed E-state index contributed by atoms with van der Waals surface area (Å²) in [5.74, 6) is 0.0129. The number of halogens is 2. The zero-order valence-electron chi connectivity index (χ0n) is 18.1. The Kier molecular flexibility index (Phi) is 6.95. The molecule has 0 aliphatic rings. The molecule has 5 nitrogen and oxygen atoms in total. The summed E-state index contributed by atoms with van der Waals surface area (Å²) < 4.78 is 37.1. The summed E-state index contributed by atoms with van der Waals surface area (Å²) in [6, 6.07) is 16.7. The van der Waals surface area contributed by atoms with E-state index >= 15 is 0 Å². The molecule has 2 aromatic carbocycles. The van der Waals surface area contributed by atoms with Crippen LogP contribution in [-0.4, -0.2) is 36.1 Å². The largest absolute Gasteiger partial charge is 0.493 e. The first-order valence-electron chi connectivity index (χ1n) is 9.88. The molecule has 3 aromatic rings. The van der Waals surface area contributed by atoms with E-state index in [1.165, 1.54) is 13.2 Å². The van der Waals surface area contributed by atoms with Gasteiger partial charge in [0.25, 0.3) is 5.91 Å². The van der Waals surface area contributed by atoms with Gasteiger partial charge in [0, 0.05) is 31.5 Å². The normalized spacial score (nSPS) is 10.9. The van der Waals surface area contributed by atoms with Crippen LogP contribution in [0, 0.1) is 13.8 Å². The lowest BCUT2D eigenvalue weighted by Crippen LogP contribution is -2.26. The molecule has 0 saturated heterocycles. The molecular formula is C24H26F2N2O3. The summed E-state index contributed by atoms with van der Waals surface area (Å²) in [7, 11) is 3.07. The smallest absolute Gasteiger partial charge is 0.387 e. The fourth-order valence-electron chi connectivity index (χ4n) is 3.59. The van der Waals surface area contributed by atoms with E-state index in [9.17, 15) is 13.6 Å². The SMILES string of the molecule is COc1ccc(CN(C)C(=O)c2cc(C)n(Cc3ccccc3)c2C)cc1OC(F)F. The molecule has 1 amide bonds. The van der Waals surface area contributed by atoms with Crippen molar-refractivity contribution in [1.29, 1.82) is 0 Å². The van der Waals surface area contributed by atoms with Gasteiger partial charge in [0.05, 0.1) is 12.7 Å². The number of aromatic nitrogens is 1. The number of rotatable bonds is 8. The zero-order valence-corrected chi connectivity index (χ0v) is 18.1. The van der Waals surface area contributed by atoms with Gasteiger partial charge in [-0.1, -0.05) is 36.4 Å². The molecule has 0 unspecified atom stereocenters. The molecule has 0 fully saturated rings. The maximum atomic E-state index is 13.1. The van der Waals surface area contributed by atoms with Crippen LogP contribution in [0.3, 0.4) is 0 Å². The molecule has 164 valence electrons. The molecule has 31 heavy (non-hydrogen) atoms. The first kappa shape index (κ1) is 22.3. The number of carbonyl (C=O) groups is 1. The highest BCUT2D eigenvalue weighted by molar-refractivity contribution is 5.95. The average molecular weight is 428 g/mol. The number of nitrogens with zero attached hydrogens (tertiary/aromatic N) is 2. The lowest BCUT2D eigenvalue weighted by Gasteiger charge is -2.19. The van der Waals surface area contributed by atoms with Crippen LogP contribution in [0.2, 0.25) is 0 Å². The maximum Gasteiger partial charge on any atom is 0.387 e. The Morgan fingerprint density at radius 1 is 1.03 bits per heavy atom. The molecule has 1 aromatic heterocycles. The molecule has 1 heterocycles. The third-order valence-electron chi connectivity index (χ3n) is 5.20. The van der Waals surface area contributed by atoms with E-state index in [1.807, 2.05) is 38.1 Å². The van der Waals surface area contributed by atoms with Gasteiger partial charge in [-0.15, -0.1) is 0 Å². The molecule has 0 aliphatic heterocycles. The third kappa shape index (κ3) is 5.23. The maximum absolute atomic E-state index is 13.1. The number of alkyl halides is 2. The number of methoxy groups -OCH3 is 1. The van der Waals surface area contributed by atoms with Crippen LogP contribution in [0.15, 0.2) is 54.6 Å². The molecule has 3 rings (SSSR count). The second-order valence-electron chi connectivity index (χ2n) is 7.38. The molecule has 0 radical (unpaired) electrons. The third-order valence-corrected chi connectivity index (χ3v) is 5.20. The van der Waals surface area contributed by atoms with Gasteiger partial charge in [0.1, 0.15) is 0 Å². The first-order chi connectivity index (χ1) is 14.8. The Balaban J connectivity index is 1.78. The van der Waals surface area contributed by atoms with E-state index in [4.69, 9.17) is 4.74 Å². The Hall–Kier alpha value is -3.35. The Labute approximate surface area is 180 Å². The Morgan fingerprint density at radius 2 is 1.74 bits per heavy atom. The van der Waals surface area contributed by atoms with Crippen LogP contribution in [0.1, 0.15) is 32.9 Å². The summed E-state index contributed by atoms with van der Waals surface area (Å²) in [4.78, 5) is 14.7. The van der Waals surface area contributed by atoms with Crippen molar-refractivity contribution in [2.24, 2.45) is 0 Å². The summed E-state index contributed by atoms with van der Waals surface area (Å²) in [6.07, 6.45) is 0. The number of hydrogen-bond acceptors (Lipinski definition) is 3. The minimum Gasteiger partial charge on any atom is -0.493 e. The second-order valence-corrected chi connectivity index (χ2v) is 7.38. The van der Waals surface area contributed by atoms with Gasteiger partial charge in [-0.25, -0.2) is 0 Å². The van der Waals surface area contributed by atoms with Gasteiger partial charge in [0.15, 0.2) is 11.5 Å². The minimum atomic E-state index is -2.96. The monoisotopic (exact) mass is 428 g/mol. The van der Waals surface area contributed by atoms with Crippen LogP contribution in [0.4, 0.5) is 8.78 Å². The van der Waals surface area contributed by atoms with Crippen molar-refractivity contribution < 1.29 is 23.0 Å². The van der Waals surface area contributed by atoms with Crippen molar-refractivity contribution in [2.75, 3.05) is 14.2 Å². The molecule has 0 saturated carbocycles. The van der Waals surface area contributed by atoms with Crippen molar-refractivity contribution in [2.45, 2.75) is 33.5 Å². The Bertz CT molecular complexity index is 1050. The summed E-state index contributed by atoms with van der Waals surface area (Å²) in [6.45, 7) is 1.87.